The molecule has 2 rings (SSSR count). The zero-order valence-electron chi connectivity index (χ0n) is 12.5. The monoisotopic (exact) mass is 292 g/mol. The quantitative estimate of drug-likeness (QED) is 0.787. The van der Waals surface area contributed by atoms with Crippen LogP contribution < -0.4 is 5.32 Å². The smallest absolute Gasteiger partial charge is 0.251 e. The van der Waals surface area contributed by atoms with Gasteiger partial charge < -0.3 is 15.2 Å². The molecule has 0 bridgehead atoms. The Kier molecular flexibility index (Phi) is 6.17. The summed E-state index contributed by atoms with van der Waals surface area (Å²) in [5.74, 6) is -0.159. The lowest BCUT2D eigenvalue weighted by atomic mass is 10.1. The molecule has 1 aliphatic heterocycles. The van der Waals surface area contributed by atoms with Gasteiger partial charge in [0.2, 0.25) is 0 Å². The number of rotatable bonds is 7. The Bertz CT molecular complexity index is 459. The second-order valence-corrected chi connectivity index (χ2v) is 5.50. The van der Waals surface area contributed by atoms with E-state index in [2.05, 4.69) is 16.3 Å². The maximum atomic E-state index is 12.1. The summed E-state index contributed by atoms with van der Waals surface area (Å²) in [6.45, 7) is 3.59. The highest BCUT2D eigenvalue weighted by Crippen LogP contribution is 2.13. The molecule has 0 aliphatic carbocycles. The third-order valence-corrected chi connectivity index (χ3v) is 3.65. The largest absolute Gasteiger partial charge is 0.389 e. The summed E-state index contributed by atoms with van der Waals surface area (Å²) in [6.07, 6.45) is 1.85. The number of methoxy groups -OCH3 is 1. The SMILES string of the molecule is COCC(O)CNC(=O)c1cccc(CN2CCCC2)c1. The van der Waals surface area contributed by atoms with Crippen molar-refractivity contribution in [1.29, 1.82) is 0 Å². The predicted octanol–water partition coefficient (Wildman–Crippen LogP) is 1.02. The molecule has 1 unspecified atom stereocenters. The van der Waals surface area contributed by atoms with E-state index in [1.165, 1.54) is 20.0 Å². The molecule has 1 fully saturated rings. The molecular formula is C16H24N2O3. The predicted molar refractivity (Wildman–Crippen MR) is 81.2 cm³/mol. The molecule has 0 saturated carbocycles. The van der Waals surface area contributed by atoms with E-state index in [4.69, 9.17) is 4.74 Å². The van der Waals surface area contributed by atoms with Gasteiger partial charge in [-0.15, -0.1) is 0 Å². The van der Waals surface area contributed by atoms with E-state index in [1.807, 2.05) is 12.1 Å². The van der Waals surface area contributed by atoms with Crippen LogP contribution in [0.15, 0.2) is 24.3 Å². The fourth-order valence-corrected chi connectivity index (χ4v) is 2.57. The number of nitrogens with zero attached hydrogens (tertiary/aromatic N) is 1. The van der Waals surface area contributed by atoms with E-state index in [1.54, 1.807) is 6.07 Å². The summed E-state index contributed by atoms with van der Waals surface area (Å²) in [4.78, 5) is 14.5. The van der Waals surface area contributed by atoms with Crippen molar-refractivity contribution in [3.63, 3.8) is 0 Å². The molecule has 1 amide bonds. The van der Waals surface area contributed by atoms with Crippen LogP contribution in [0.5, 0.6) is 0 Å². The van der Waals surface area contributed by atoms with Gasteiger partial charge in [-0.2, -0.15) is 0 Å². The lowest BCUT2D eigenvalue weighted by molar-refractivity contribution is 0.0610. The number of nitrogens with one attached hydrogen (secondary N) is 1. The fraction of sp³-hybridized carbons (Fsp3) is 0.562. The topological polar surface area (TPSA) is 61.8 Å². The highest BCUT2D eigenvalue weighted by atomic mass is 16.5. The molecule has 1 aliphatic rings. The van der Waals surface area contributed by atoms with Crippen LogP contribution in [0.3, 0.4) is 0 Å². The molecule has 0 radical (unpaired) electrons. The Labute approximate surface area is 125 Å². The minimum absolute atomic E-state index is 0.159. The van der Waals surface area contributed by atoms with Crippen molar-refractivity contribution in [2.75, 3.05) is 33.4 Å². The number of amides is 1. The molecule has 5 nitrogen and oxygen atoms in total. The Morgan fingerprint density at radius 3 is 2.90 bits per heavy atom. The van der Waals surface area contributed by atoms with Gasteiger partial charge in [0.15, 0.2) is 0 Å². The molecular weight excluding hydrogens is 268 g/mol. The first-order valence-corrected chi connectivity index (χ1v) is 7.45. The lowest BCUT2D eigenvalue weighted by Crippen LogP contribution is -2.34. The average molecular weight is 292 g/mol. The number of hydrogen-bond acceptors (Lipinski definition) is 4. The van der Waals surface area contributed by atoms with Crippen LogP contribution in [-0.2, 0) is 11.3 Å². The Balaban J connectivity index is 1.88. The number of aliphatic hydroxyl groups excluding tert-OH is 1. The Morgan fingerprint density at radius 2 is 2.19 bits per heavy atom. The number of aliphatic hydroxyl groups is 1. The normalized spacial score (nSPS) is 16.9. The van der Waals surface area contributed by atoms with Crippen molar-refractivity contribution < 1.29 is 14.6 Å². The standard InChI is InChI=1S/C16H24N2O3/c1-21-12-15(19)10-17-16(20)14-6-4-5-13(9-14)11-18-7-2-3-8-18/h4-6,9,15,19H,2-3,7-8,10-12H2,1H3,(H,17,20). The molecule has 21 heavy (non-hydrogen) atoms. The van der Waals surface area contributed by atoms with E-state index in [0.29, 0.717) is 5.56 Å². The lowest BCUT2D eigenvalue weighted by Gasteiger charge is -2.15. The van der Waals surface area contributed by atoms with Gasteiger partial charge in [0.1, 0.15) is 0 Å². The highest BCUT2D eigenvalue weighted by molar-refractivity contribution is 5.94. The van der Waals surface area contributed by atoms with Crippen molar-refractivity contribution in [3.05, 3.63) is 35.4 Å². The Hall–Kier alpha value is -1.43. The van der Waals surface area contributed by atoms with E-state index in [0.717, 1.165) is 25.2 Å². The third kappa shape index (κ3) is 5.12. The maximum absolute atomic E-state index is 12.1. The Morgan fingerprint density at radius 1 is 1.43 bits per heavy atom. The van der Waals surface area contributed by atoms with Gasteiger partial charge in [-0.25, -0.2) is 0 Å². The first-order valence-electron chi connectivity index (χ1n) is 7.45. The molecule has 1 atom stereocenters. The average Bonchev–Trinajstić information content (AvgIpc) is 2.98. The molecule has 1 heterocycles. The van der Waals surface area contributed by atoms with E-state index in [9.17, 15) is 9.90 Å². The van der Waals surface area contributed by atoms with Gasteiger partial charge in [0, 0.05) is 25.8 Å². The van der Waals surface area contributed by atoms with Crippen molar-refractivity contribution in [2.45, 2.75) is 25.5 Å². The third-order valence-electron chi connectivity index (χ3n) is 3.65. The minimum Gasteiger partial charge on any atom is -0.389 e. The van der Waals surface area contributed by atoms with Crippen LogP contribution in [0, 0.1) is 0 Å². The molecule has 0 spiro atoms. The molecule has 1 aromatic carbocycles. The second-order valence-electron chi connectivity index (χ2n) is 5.50. The number of benzene rings is 1. The van der Waals surface area contributed by atoms with Crippen molar-refractivity contribution in [2.24, 2.45) is 0 Å². The molecule has 1 saturated heterocycles. The first kappa shape index (κ1) is 15.9. The van der Waals surface area contributed by atoms with E-state index >= 15 is 0 Å². The summed E-state index contributed by atoms with van der Waals surface area (Å²) in [6, 6.07) is 7.68. The number of ether oxygens (including phenoxy) is 1. The van der Waals surface area contributed by atoms with E-state index in [-0.39, 0.29) is 19.1 Å². The summed E-state index contributed by atoms with van der Waals surface area (Å²) >= 11 is 0. The number of likely N-dealkylation sites (tertiary alicyclic amines) is 1. The van der Waals surface area contributed by atoms with Crippen LogP contribution in [0.2, 0.25) is 0 Å². The molecule has 5 heteroatoms. The van der Waals surface area contributed by atoms with Crippen LogP contribution in [-0.4, -0.2) is 55.4 Å². The zero-order valence-corrected chi connectivity index (χ0v) is 12.5. The van der Waals surface area contributed by atoms with Crippen LogP contribution >= 0.6 is 0 Å². The summed E-state index contributed by atoms with van der Waals surface area (Å²) in [5, 5.41) is 12.3. The molecule has 0 aromatic heterocycles. The van der Waals surface area contributed by atoms with Crippen LogP contribution in [0.25, 0.3) is 0 Å². The van der Waals surface area contributed by atoms with Crippen molar-refractivity contribution in [3.8, 4) is 0 Å². The fourth-order valence-electron chi connectivity index (χ4n) is 2.57. The van der Waals surface area contributed by atoms with Gasteiger partial charge in [-0.05, 0) is 43.6 Å². The van der Waals surface area contributed by atoms with Crippen LogP contribution in [0.4, 0.5) is 0 Å². The van der Waals surface area contributed by atoms with Crippen molar-refractivity contribution in [1.82, 2.24) is 10.2 Å². The number of carbonyl (C=O) groups excluding carboxylic acids is 1. The van der Waals surface area contributed by atoms with Gasteiger partial charge in [0.05, 0.1) is 12.7 Å². The summed E-state index contributed by atoms with van der Waals surface area (Å²) < 4.78 is 4.83. The highest BCUT2D eigenvalue weighted by Gasteiger charge is 2.13. The second kappa shape index (κ2) is 8.12. The summed E-state index contributed by atoms with van der Waals surface area (Å²) in [5.41, 5.74) is 1.79. The number of hydrogen-bond donors (Lipinski definition) is 2. The van der Waals surface area contributed by atoms with Crippen molar-refractivity contribution >= 4 is 5.91 Å². The summed E-state index contributed by atoms with van der Waals surface area (Å²) in [7, 11) is 1.52. The van der Waals surface area contributed by atoms with E-state index < -0.39 is 6.10 Å². The van der Waals surface area contributed by atoms with Gasteiger partial charge in [0.25, 0.3) is 5.91 Å². The minimum atomic E-state index is -0.674. The molecule has 2 N–H and O–H groups in total. The number of carbonyl (C=O) groups is 1. The molecule has 1 aromatic rings. The van der Waals surface area contributed by atoms with Gasteiger partial charge >= 0.3 is 0 Å². The van der Waals surface area contributed by atoms with Gasteiger partial charge in [-0.3, -0.25) is 9.69 Å². The zero-order chi connectivity index (χ0) is 15.1. The first-order chi connectivity index (χ1) is 10.2. The van der Waals surface area contributed by atoms with Gasteiger partial charge in [-0.1, -0.05) is 12.1 Å². The van der Waals surface area contributed by atoms with Crippen LogP contribution in [0.1, 0.15) is 28.8 Å². The molecule has 116 valence electrons. The maximum Gasteiger partial charge on any atom is 0.251 e.